The first kappa shape index (κ1) is 19.1. The molecule has 7 heteroatoms. The number of hydrogen-bond donors (Lipinski definition) is 1. The van der Waals surface area contributed by atoms with Gasteiger partial charge in [-0.1, -0.05) is 23.4 Å². The van der Waals surface area contributed by atoms with E-state index in [0.29, 0.717) is 30.1 Å². The molecule has 0 saturated carbocycles. The van der Waals surface area contributed by atoms with Gasteiger partial charge in [-0.25, -0.2) is 4.79 Å². The van der Waals surface area contributed by atoms with Gasteiger partial charge in [-0.05, 0) is 36.8 Å². The van der Waals surface area contributed by atoms with E-state index < -0.39 is 5.97 Å². The van der Waals surface area contributed by atoms with E-state index >= 15 is 0 Å². The van der Waals surface area contributed by atoms with Crippen molar-refractivity contribution in [3.63, 3.8) is 0 Å². The highest BCUT2D eigenvalue weighted by Gasteiger charge is 2.09. The Hall–Kier alpha value is -3.22. The molecule has 0 radical (unpaired) electrons. The number of rotatable bonds is 9. The average molecular weight is 358 g/mol. The van der Waals surface area contributed by atoms with Crippen molar-refractivity contribution in [2.24, 2.45) is 10.9 Å². The zero-order valence-electron chi connectivity index (χ0n) is 14.8. The lowest BCUT2D eigenvalue weighted by atomic mass is 10.2. The molecule has 0 bridgehead atoms. The summed E-state index contributed by atoms with van der Waals surface area (Å²) < 4.78 is 15.9. The summed E-state index contributed by atoms with van der Waals surface area (Å²) >= 11 is 0. The van der Waals surface area contributed by atoms with Crippen LogP contribution in [0.25, 0.3) is 0 Å². The Kier molecular flexibility index (Phi) is 7.30. The molecule has 0 aliphatic heterocycles. The minimum atomic E-state index is -0.481. The third kappa shape index (κ3) is 5.70. The molecule has 2 aromatic rings. The summed E-state index contributed by atoms with van der Waals surface area (Å²) in [6.45, 7) is 0.411. The van der Waals surface area contributed by atoms with Gasteiger partial charge in [-0.2, -0.15) is 0 Å². The molecular formula is C19H22N2O5. The number of nitrogens with zero attached hydrogens (tertiary/aromatic N) is 1. The summed E-state index contributed by atoms with van der Waals surface area (Å²) in [6, 6.07) is 14.4. The topological polar surface area (TPSA) is 92.4 Å². The lowest BCUT2D eigenvalue weighted by Gasteiger charge is -2.09. The number of amidine groups is 1. The monoisotopic (exact) mass is 358 g/mol. The highest BCUT2D eigenvalue weighted by molar-refractivity contribution is 5.98. The highest BCUT2D eigenvalue weighted by atomic mass is 16.7. The second-order valence-electron chi connectivity index (χ2n) is 5.27. The Labute approximate surface area is 152 Å². The highest BCUT2D eigenvalue weighted by Crippen LogP contribution is 2.27. The number of methoxy groups -OCH3 is 2. The molecule has 2 N–H and O–H groups in total. The number of ether oxygens (including phenoxy) is 3. The SMILES string of the molecule is COc1ccc(/C(N)=N/OC(=O)CCCOc2ccccc2)cc1OC. The Morgan fingerprint density at radius 3 is 2.46 bits per heavy atom. The largest absolute Gasteiger partial charge is 0.494 e. The van der Waals surface area contributed by atoms with Crippen molar-refractivity contribution in [2.75, 3.05) is 20.8 Å². The summed E-state index contributed by atoms with van der Waals surface area (Å²) in [5.74, 6) is 1.42. The van der Waals surface area contributed by atoms with Crippen LogP contribution in [0.15, 0.2) is 53.7 Å². The molecule has 0 heterocycles. The predicted molar refractivity (Wildman–Crippen MR) is 97.5 cm³/mol. The van der Waals surface area contributed by atoms with Crippen LogP contribution >= 0.6 is 0 Å². The molecule has 0 unspecified atom stereocenters. The number of benzene rings is 2. The van der Waals surface area contributed by atoms with Gasteiger partial charge < -0.3 is 24.8 Å². The van der Waals surface area contributed by atoms with Crippen molar-refractivity contribution in [1.29, 1.82) is 0 Å². The smallest absolute Gasteiger partial charge is 0.335 e. The van der Waals surface area contributed by atoms with Gasteiger partial charge in [-0.3, -0.25) is 0 Å². The first-order chi connectivity index (χ1) is 12.6. The van der Waals surface area contributed by atoms with Gasteiger partial charge in [-0.15, -0.1) is 0 Å². The molecule has 0 atom stereocenters. The third-order valence-corrected chi connectivity index (χ3v) is 3.46. The first-order valence-corrected chi connectivity index (χ1v) is 8.07. The maximum Gasteiger partial charge on any atom is 0.335 e. The second-order valence-corrected chi connectivity index (χ2v) is 5.27. The van der Waals surface area contributed by atoms with E-state index in [1.165, 1.54) is 14.2 Å². The fourth-order valence-electron chi connectivity index (χ4n) is 2.12. The molecule has 0 saturated heterocycles. The van der Waals surface area contributed by atoms with Gasteiger partial charge in [0, 0.05) is 5.56 Å². The lowest BCUT2D eigenvalue weighted by Crippen LogP contribution is -2.15. The van der Waals surface area contributed by atoms with Crippen LogP contribution in [0, 0.1) is 0 Å². The van der Waals surface area contributed by atoms with Gasteiger partial charge in [0.2, 0.25) is 0 Å². The summed E-state index contributed by atoms with van der Waals surface area (Å²) in [5.41, 5.74) is 6.40. The average Bonchev–Trinajstić information content (AvgIpc) is 2.69. The number of hydrogen-bond acceptors (Lipinski definition) is 6. The van der Waals surface area contributed by atoms with Crippen LogP contribution in [-0.4, -0.2) is 32.6 Å². The van der Waals surface area contributed by atoms with E-state index in [-0.39, 0.29) is 12.3 Å². The number of para-hydroxylation sites is 1. The molecule has 26 heavy (non-hydrogen) atoms. The van der Waals surface area contributed by atoms with Gasteiger partial charge in [0.15, 0.2) is 17.3 Å². The number of carbonyl (C=O) groups is 1. The number of oxime groups is 1. The van der Waals surface area contributed by atoms with E-state index in [1.807, 2.05) is 30.3 Å². The molecule has 0 aliphatic carbocycles. The predicted octanol–water partition coefficient (Wildman–Crippen LogP) is 2.73. The van der Waals surface area contributed by atoms with Crippen LogP contribution < -0.4 is 19.9 Å². The van der Waals surface area contributed by atoms with Gasteiger partial charge >= 0.3 is 5.97 Å². The molecule has 0 spiro atoms. The minimum Gasteiger partial charge on any atom is -0.494 e. The fourth-order valence-corrected chi connectivity index (χ4v) is 2.12. The van der Waals surface area contributed by atoms with Gasteiger partial charge in [0.1, 0.15) is 5.75 Å². The van der Waals surface area contributed by atoms with Crippen molar-refractivity contribution < 1.29 is 23.8 Å². The molecule has 0 aromatic heterocycles. The third-order valence-electron chi connectivity index (χ3n) is 3.46. The Morgan fingerprint density at radius 2 is 1.77 bits per heavy atom. The van der Waals surface area contributed by atoms with E-state index in [0.717, 1.165) is 5.75 Å². The normalized spacial score (nSPS) is 10.9. The van der Waals surface area contributed by atoms with Crippen LogP contribution in [-0.2, 0) is 9.63 Å². The standard InChI is InChI=1S/C19H22N2O5/c1-23-16-11-10-14(13-17(16)24-2)19(20)21-26-18(22)9-6-12-25-15-7-4-3-5-8-15/h3-5,7-8,10-11,13H,6,9,12H2,1-2H3,(H2,20,21). The minimum absolute atomic E-state index is 0.0693. The van der Waals surface area contributed by atoms with Crippen LogP contribution in [0.3, 0.4) is 0 Å². The Balaban J connectivity index is 1.79. The van der Waals surface area contributed by atoms with E-state index in [2.05, 4.69) is 5.16 Å². The fraction of sp³-hybridized carbons (Fsp3) is 0.263. The molecule has 7 nitrogen and oxygen atoms in total. The summed E-state index contributed by atoms with van der Waals surface area (Å²) in [5, 5.41) is 3.67. The molecule has 0 aliphatic rings. The van der Waals surface area contributed by atoms with Crippen LogP contribution in [0.1, 0.15) is 18.4 Å². The quantitative estimate of drug-likeness (QED) is 0.244. The summed E-state index contributed by atoms with van der Waals surface area (Å²) in [7, 11) is 3.06. The summed E-state index contributed by atoms with van der Waals surface area (Å²) in [4.78, 5) is 16.6. The Morgan fingerprint density at radius 1 is 1.04 bits per heavy atom. The Bertz CT molecular complexity index is 747. The molecule has 0 amide bonds. The van der Waals surface area contributed by atoms with Gasteiger partial charge in [0.05, 0.1) is 27.2 Å². The molecule has 138 valence electrons. The van der Waals surface area contributed by atoms with Crippen molar-refractivity contribution in [2.45, 2.75) is 12.8 Å². The molecule has 2 aromatic carbocycles. The maximum absolute atomic E-state index is 11.7. The second kappa shape index (κ2) is 9.93. The van der Waals surface area contributed by atoms with Crippen molar-refractivity contribution in [1.82, 2.24) is 0 Å². The van der Waals surface area contributed by atoms with E-state index in [4.69, 9.17) is 24.8 Å². The van der Waals surface area contributed by atoms with Crippen molar-refractivity contribution >= 4 is 11.8 Å². The molecule has 0 fully saturated rings. The van der Waals surface area contributed by atoms with E-state index in [1.54, 1.807) is 18.2 Å². The van der Waals surface area contributed by atoms with Crippen LogP contribution in [0.5, 0.6) is 17.2 Å². The summed E-state index contributed by atoms with van der Waals surface area (Å²) in [6.07, 6.45) is 0.690. The van der Waals surface area contributed by atoms with Gasteiger partial charge in [0.25, 0.3) is 0 Å². The van der Waals surface area contributed by atoms with Crippen molar-refractivity contribution in [3.8, 4) is 17.2 Å². The number of carbonyl (C=O) groups excluding carboxylic acids is 1. The number of nitrogens with two attached hydrogens (primary N) is 1. The molecular weight excluding hydrogens is 336 g/mol. The zero-order valence-corrected chi connectivity index (χ0v) is 14.8. The first-order valence-electron chi connectivity index (χ1n) is 8.07. The van der Waals surface area contributed by atoms with Crippen LogP contribution in [0.4, 0.5) is 0 Å². The zero-order chi connectivity index (χ0) is 18.8. The maximum atomic E-state index is 11.7. The van der Waals surface area contributed by atoms with Crippen molar-refractivity contribution in [3.05, 3.63) is 54.1 Å². The van der Waals surface area contributed by atoms with Crippen LogP contribution in [0.2, 0.25) is 0 Å². The van der Waals surface area contributed by atoms with E-state index in [9.17, 15) is 4.79 Å². The lowest BCUT2D eigenvalue weighted by molar-refractivity contribution is -0.143. The molecule has 2 rings (SSSR count).